The van der Waals surface area contributed by atoms with Crippen LogP contribution in [0, 0.1) is 0 Å². The first-order valence-corrected chi connectivity index (χ1v) is 11.2. The minimum atomic E-state index is -3.60. The van der Waals surface area contributed by atoms with Gasteiger partial charge in [-0.1, -0.05) is 18.2 Å². The number of benzene rings is 2. The van der Waals surface area contributed by atoms with E-state index in [1.165, 1.54) is 4.31 Å². The van der Waals surface area contributed by atoms with E-state index in [0.717, 1.165) is 11.3 Å². The molecule has 7 nitrogen and oxygen atoms in total. The van der Waals surface area contributed by atoms with Crippen molar-refractivity contribution in [1.82, 2.24) is 9.21 Å². The van der Waals surface area contributed by atoms with Gasteiger partial charge in [0.25, 0.3) is 5.91 Å². The van der Waals surface area contributed by atoms with Gasteiger partial charge in [0.1, 0.15) is 11.5 Å². The third kappa shape index (κ3) is 3.95. The van der Waals surface area contributed by atoms with Crippen molar-refractivity contribution in [3.05, 3.63) is 54.1 Å². The number of piperazine rings is 1. The van der Waals surface area contributed by atoms with Crippen molar-refractivity contribution in [1.29, 1.82) is 0 Å². The van der Waals surface area contributed by atoms with Gasteiger partial charge in [-0.2, -0.15) is 4.31 Å². The lowest BCUT2D eigenvalue weighted by Crippen LogP contribution is -2.53. The van der Waals surface area contributed by atoms with Gasteiger partial charge < -0.3 is 14.4 Å². The Balaban J connectivity index is 1.37. The van der Waals surface area contributed by atoms with E-state index in [2.05, 4.69) is 0 Å². The molecule has 2 aromatic rings. The zero-order chi connectivity index (χ0) is 20.4. The van der Waals surface area contributed by atoms with Crippen LogP contribution in [0.25, 0.3) is 0 Å². The monoisotopic (exact) mass is 416 g/mol. The van der Waals surface area contributed by atoms with Crippen LogP contribution in [0.2, 0.25) is 0 Å². The summed E-state index contributed by atoms with van der Waals surface area (Å²) < 4.78 is 38.4. The lowest BCUT2D eigenvalue weighted by atomic mass is 10.1. The van der Waals surface area contributed by atoms with Crippen molar-refractivity contribution in [3.63, 3.8) is 0 Å². The van der Waals surface area contributed by atoms with Crippen LogP contribution in [0.3, 0.4) is 0 Å². The maximum atomic E-state index is 12.9. The Morgan fingerprint density at radius 2 is 1.76 bits per heavy atom. The molecule has 1 saturated heterocycles. The molecule has 29 heavy (non-hydrogen) atoms. The Labute approximate surface area is 170 Å². The molecule has 2 aliphatic rings. The topological polar surface area (TPSA) is 76.2 Å². The molecule has 0 aliphatic carbocycles. The molecule has 1 amide bonds. The van der Waals surface area contributed by atoms with Crippen molar-refractivity contribution in [2.45, 2.75) is 24.3 Å². The predicted molar refractivity (Wildman–Crippen MR) is 108 cm³/mol. The molecule has 1 fully saturated rings. The van der Waals surface area contributed by atoms with Crippen LogP contribution in [0.15, 0.2) is 53.4 Å². The fraction of sp³-hybridized carbons (Fsp3) is 0.381. The lowest BCUT2D eigenvalue weighted by Gasteiger charge is -2.35. The van der Waals surface area contributed by atoms with Crippen molar-refractivity contribution in [3.8, 4) is 11.5 Å². The molecule has 0 unspecified atom stereocenters. The van der Waals surface area contributed by atoms with Crippen molar-refractivity contribution in [2.75, 3.05) is 32.8 Å². The molecule has 2 aromatic carbocycles. The summed E-state index contributed by atoms with van der Waals surface area (Å²) in [7, 11) is -3.60. The Bertz CT molecular complexity index is 957. The summed E-state index contributed by atoms with van der Waals surface area (Å²) in [6.45, 7) is 3.64. The van der Waals surface area contributed by atoms with Gasteiger partial charge in [-0.3, -0.25) is 4.79 Å². The second-order valence-electron chi connectivity index (χ2n) is 7.05. The molecular formula is C21H24N2O5S. The van der Waals surface area contributed by atoms with Gasteiger partial charge in [-0.25, -0.2) is 8.42 Å². The second kappa shape index (κ2) is 8.04. The van der Waals surface area contributed by atoms with Crippen molar-refractivity contribution < 1.29 is 22.7 Å². The van der Waals surface area contributed by atoms with Gasteiger partial charge in [-0.15, -0.1) is 0 Å². The van der Waals surface area contributed by atoms with E-state index >= 15 is 0 Å². The van der Waals surface area contributed by atoms with E-state index in [-0.39, 0.29) is 23.9 Å². The normalized spacial score (nSPS) is 19.5. The van der Waals surface area contributed by atoms with E-state index in [1.807, 2.05) is 31.2 Å². The summed E-state index contributed by atoms with van der Waals surface area (Å²) in [5.41, 5.74) is 1.03. The molecule has 154 valence electrons. The van der Waals surface area contributed by atoms with Gasteiger partial charge in [0, 0.05) is 32.6 Å². The first-order valence-electron chi connectivity index (χ1n) is 9.75. The van der Waals surface area contributed by atoms with Crippen LogP contribution in [-0.2, 0) is 21.2 Å². The first-order chi connectivity index (χ1) is 14.0. The molecular weight excluding hydrogens is 392 g/mol. The average molecular weight is 416 g/mol. The summed E-state index contributed by atoms with van der Waals surface area (Å²) >= 11 is 0. The molecule has 1 atom stereocenters. The number of carbonyl (C=O) groups excluding carboxylic acids is 1. The highest BCUT2D eigenvalue weighted by molar-refractivity contribution is 7.89. The van der Waals surface area contributed by atoms with Crippen LogP contribution in [-0.4, -0.2) is 62.4 Å². The number of amides is 1. The molecule has 2 aliphatic heterocycles. The Morgan fingerprint density at radius 3 is 2.41 bits per heavy atom. The van der Waals surface area contributed by atoms with Gasteiger partial charge in [0.2, 0.25) is 10.0 Å². The zero-order valence-electron chi connectivity index (χ0n) is 16.3. The molecule has 0 N–H and O–H groups in total. The molecule has 0 spiro atoms. The quantitative estimate of drug-likeness (QED) is 0.744. The summed E-state index contributed by atoms with van der Waals surface area (Å²) in [5, 5.41) is 0. The molecule has 4 rings (SSSR count). The SMILES string of the molecule is CCOc1ccc(S(=O)(=O)N2CCN(C(=O)[C@@H]3Cc4ccccc4O3)CC2)cc1. The van der Waals surface area contributed by atoms with Crippen LogP contribution in [0.4, 0.5) is 0 Å². The number of fused-ring (bicyclic) bond motifs is 1. The van der Waals surface area contributed by atoms with E-state index in [1.54, 1.807) is 29.2 Å². The summed E-state index contributed by atoms with van der Waals surface area (Å²) in [6, 6.07) is 14.1. The summed E-state index contributed by atoms with van der Waals surface area (Å²) in [5.74, 6) is 1.31. The maximum Gasteiger partial charge on any atom is 0.264 e. The number of sulfonamides is 1. The van der Waals surface area contributed by atoms with Crippen molar-refractivity contribution in [2.24, 2.45) is 0 Å². The van der Waals surface area contributed by atoms with Gasteiger partial charge in [-0.05, 0) is 42.8 Å². The van der Waals surface area contributed by atoms with E-state index in [4.69, 9.17) is 9.47 Å². The molecule has 0 bridgehead atoms. The highest BCUT2D eigenvalue weighted by atomic mass is 32.2. The Kier molecular flexibility index (Phi) is 5.47. The predicted octanol–water partition coefficient (Wildman–Crippen LogP) is 1.92. The van der Waals surface area contributed by atoms with Gasteiger partial charge >= 0.3 is 0 Å². The largest absolute Gasteiger partial charge is 0.494 e. The molecule has 0 radical (unpaired) electrons. The highest BCUT2D eigenvalue weighted by Crippen LogP contribution is 2.29. The first kappa shape index (κ1) is 19.7. The second-order valence-corrected chi connectivity index (χ2v) is 8.99. The third-order valence-electron chi connectivity index (χ3n) is 5.25. The van der Waals surface area contributed by atoms with Crippen LogP contribution >= 0.6 is 0 Å². The smallest absolute Gasteiger partial charge is 0.264 e. The molecule has 8 heteroatoms. The van der Waals surface area contributed by atoms with Crippen LogP contribution < -0.4 is 9.47 Å². The summed E-state index contributed by atoms with van der Waals surface area (Å²) in [6.07, 6.45) is 0.0290. The standard InChI is InChI=1S/C21H24N2O5S/c1-2-27-17-7-9-18(10-8-17)29(25,26)23-13-11-22(12-14-23)21(24)20-15-16-5-3-4-6-19(16)28-20/h3-10,20H,2,11-15H2,1H3/t20-/m0/s1. The number of para-hydroxylation sites is 1. The van der Waals surface area contributed by atoms with E-state index in [9.17, 15) is 13.2 Å². The van der Waals surface area contributed by atoms with Gasteiger partial charge in [0.05, 0.1) is 11.5 Å². The number of hydrogen-bond acceptors (Lipinski definition) is 5. The zero-order valence-corrected chi connectivity index (χ0v) is 17.1. The van der Waals surface area contributed by atoms with E-state index < -0.39 is 16.1 Å². The number of nitrogens with zero attached hydrogens (tertiary/aromatic N) is 2. The van der Waals surface area contributed by atoms with Crippen LogP contribution in [0.5, 0.6) is 11.5 Å². The molecule has 0 aromatic heterocycles. The number of hydrogen-bond donors (Lipinski definition) is 0. The van der Waals surface area contributed by atoms with Crippen LogP contribution in [0.1, 0.15) is 12.5 Å². The minimum Gasteiger partial charge on any atom is -0.494 e. The van der Waals surface area contributed by atoms with Crippen molar-refractivity contribution >= 4 is 15.9 Å². The maximum absolute atomic E-state index is 12.9. The number of ether oxygens (including phenoxy) is 2. The fourth-order valence-electron chi connectivity index (χ4n) is 3.70. The van der Waals surface area contributed by atoms with Gasteiger partial charge in [0.15, 0.2) is 6.10 Å². The number of carbonyl (C=O) groups is 1. The molecule has 0 saturated carbocycles. The Hall–Kier alpha value is -2.58. The summed E-state index contributed by atoms with van der Waals surface area (Å²) in [4.78, 5) is 14.7. The Morgan fingerprint density at radius 1 is 1.07 bits per heavy atom. The number of rotatable bonds is 5. The highest BCUT2D eigenvalue weighted by Gasteiger charge is 2.36. The minimum absolute atomic E-state index is 0.0840. The third-order valence-corrected chi connectivity index (χ3v) is 7.16. The van der Waals surface area contributed by atoms with E-state index in [0.29, 0.717) is 31.9 Å². The average Bonchev–Trinajstić information content (AvgIpc) is 3.18. The fourth-order valence-corrected chi connectivity index (χ4v) is 5.12. The molecule has 2 heterocycles. The lowest BCUT2D eigenvalue weighted by molar-refractivity contribution is -0.139.